The fraction of sp³-hybridized carbons (Fsp3) is 0.409. The van der Waals surface area contributed by atoms with E-state index in [2.05, 4.69) is 51.7 Å². The summed E-state index contributed by atoms with van der Waals surface area (Å²) in [6.45, 7) is 12.9. The fourth-order valence-corrected chi connectivity index (χ4v) is 2.51. The van der Waals surface area contributed by atoms with Gasteiger partial charge in [0.15, 0.2) is 0 Å². The van der Waals surface area contributed by atoms with E-state index < -0.39 is 0 Å². The smallest absolute Gasteiger partial charge is 0.400 e. The molecule has 1 aliphatic carbocycles. The van der Waals surface area contributed by atoms with Gasteiger partial charge in [-0.2, -0.15) is 11.1 Å². The summed E-state index contributed by atoms with van der Waals surface area (Å²) in [5, 5.41) is 15.1. The average molecular weight is 389 g/mol. The molecule has 4 heteroatoms. The van der Waals surface area contributed by atoms with Crippen molar-refractivity contribution < 1.29 is 31.9 Å². The standard InChI is InChI=1S/C10H8N.C10H15.2CH4O.Ti/c1-8-6-9-4-2-3-5-10(9)11-7-8;1-7-6-10(4,5)9(3)8(7)2;2*1-2;/h2-5,7H,1H3;1-5H3;2*2H,1H3;/q2*-1;;;+2. The molecule has 140 valence electrons. The van der Waals surface area contributed by atoms with Crippen LogP contribution in [0, 0.1) is 24.5 Å². The van der Waals surface area contributed by atoms with Crippen LogP contribution in [0.5, 0.6) is 0 Å². The quantitative estimate of drug-likeness (QED) is 0.509. The minimum atomic E-state index is 0. The molecule has 26 heavy (non-hydrogen) atoms. The largest absolute Gasteiger partial charge is 2.00 e. The van der Waals surface area contributed by atoms with E-state index in [0.717, 1.165) is 30.7 Å². The van der Waals surface area contributed by atoms with Crippen molar-refractivity contribution in [3.05, 3.63) is 64.9 Å². The number of para-hydroxylation sites is 1. The Kier molecular flexibility index (Phi) is 13.5. The Morgan fingerprint density at radius 3 is 1.88 bits per heavy atom. The summed E-state index contributed by atoms with van der Waals surface area (Å²) >= 11 is 0. The third kappa shape index (κ3) is 7.55. The van der Waals surface area contributed by atoms with Crippen molar-refractivity contribution in [2.45, 2.75) is 41.5 Å². The second-order valence-electron chi connectivity index (χ2n) is 6.21. The molecule has 0 atom stereocenters. The third-order valence-corrected chi connectivity index (χ3v) is 4.20. The number of nitrogens with zero attached hydrogens (tertiary/aromatic N) is 1. The predicted octanol–water partition coefficient (Wildman–Crippen LogP) is 4.67. The molecule has 1 aromatic carbocycles. The van der Waals surface area contributed by atoms with Crippen molar-refractivity contribution in [2.24, 2.45) is 5.41 Å². The molecule has 1 aromatic heterocycles. The van der Waals surface area contributed by atoms with Crippen molar-refractivity contribution in [1.29, 1.82) is 0 Å². The van der Waals surface area contributed by atoms with Crippen molar-refractivity contribution in [1.82, 2.24) is 4.98 Å². The van der Waals surface area contributed by atoms with E-state index in [0.29, 0.717) is 0 Å². The molecule has 0 bridgehead atoms. The number of allylic oxidation sites excluding steroid dienone is 4. The van der Waals surface area contributed by atoms with Crippen LogP contribution in [-0.2, 0) is 21.7 Å². The molecule has 2 N–H and O–H groups in total. The maximum Gasteiger partial charge on any atom is 2.00 e. The number of hydrogen-bond acceptors (Lipinski definition) is 3. The Bertz CT molecular complexity index is 734. The Labute approximate surface area is 173 Å². The van der Waals surface area contributed by atoms with Crippen LogP contribution in [0.3, 0.4) is 0 Å². The normalized spacial score (nSPS) is 13.8. The van der Waals surface area contributed by atoms with Crippen LogP contribution in [0.1, 0.15) is 40.2 Å². The first-order chi connectivity index (χ1) is 11.8. The molecule has 0 saturated heterocycles. The maximum atomic E-state index is 7.00. The van der Waals surface area contributed by atoms with E-state index in [1.807, 2.05) is 37.4 Å². The molecule has 0 unspecified atom stereocenters. The zero-order chi connectivity index (χ0) is 19.6. The zero-order valence-electron chi connectivity index (χ0n) is 17.2. The number of aryl methyl sites for hydroxylation is 1. The first-order valence-electron chi connectivity index (χ1n) is 8.24. The van der Waals surface area contributed by atoms with E-state index in [9.17, 15) is 0 Å². The molecule has 0 fully saturated rings. The molecule has 3 rings (SSSR count). The molecular formula is C22H31NO2Ti. The van der Waals surface area contributed by atoms with Crippen LogP contribution in [0.4, 0.5) is 0 Å². The topological polar surface area (TPSA) is 53.4 Å². The summed E-state index contributed by atoms with van der Waals surface area (Å²) in [5.41, 5.74) is 6.49. The minimum Gasteiger partial charge on any atom is -0.400 e. The number of fused-ring (bicyclic) bond motifs is 1. The minimum absolute atomic E-state index is 0. The molecule has 1 aliphatic rings. The molecule has 3 nitrogen and oxygen atoms in total. The van der Waals surface area contributed by atoms with Gasteiger partial charge in [0.05, 0.1) is 0 Å². The van der Waals surface area contributed by atoms with E-state index in [1.54, 1.807) is 0 Å². The Morgan fingerprint density at radius 2 is 1.46 bits per heavy atom. The second-order valence-corrected chi connectivity index (χ2v) is 6.21. The molecule has 1 heterocycles. The van der Waals surface area contributed by atoms with Gasteiger partial charge in [-0.25, -0.2) is 5.57 Å². The SMILES string of the molecule is CC1=[C-]C(C)(C)C(C)=C1C.CO.CO.Cc1[c-]c2ccccc2nc1.[Ti+2]. The summed E-state index contributed by atoms with van der Waals surface area (Å²) in [6, 6.07) is 11.2. The van der Waals surface area contributed by atoms with Crippen molar-refractivity contribution >= 4 is 10.9 Å². The molecule has 0 radical (unpaired) electrons. The number of pyridine rings is 1. The first kappa shape index (κ1) is 27.0. The average Bonchev–Trinajstić information content (AvgIpc) is 2.80. The number of benzene rings is 1. The molecule has 0 spiro atoms. The third-order valence-electron chi connectivity index (χ3n) is 4.20. The number of rotatable bonds is 0. The van der Waals surface area contributed by atoms with Gasteiger partial charge in [0.1, 0.15) is 0 Å². The van der Waals surface area contributed by atoms with E-state index >= 15 is 0 Å². The van der Waals surface area contributed by atoms with E-state index in [4.69, 9.17) is 10.2 Å². The van der Waals surface area contributed by atoms with Gasteiger partial charge in [0.2, 0.25) is 0 Å². The van der Waals surface area contributed by atoms with Crippen LogP contribution in [0.15, 0.2) is 47.2 Å². The van der Waals surface area contributed by atoms with Gasteiger partial charge in [-0.05, 0) is 5.52 Å². The predicted molar refractivity (Wildman–Crippen MR) is 106 cm³/mol. The van der Waals surface area contributed by atoms with Gasteiger partial charge in [-0.3, -0.25) is 6.08 Å². The maximum absolute atomic E-state index is 7.00. The van der Waals surface area contributed by atoms with E-state index in [-0.39, 0.29) is 27.1 Å². The van der Waals surface area contributed by atoms with Gasteiger partial charge in [0.25, 0.3) is 0 Å². The molecule has 0 aliphatic heterocycles. The fourth-order valence-electron chi connectivity index (χ4n) is 2.51. The summed E-state index contributed by atoms with van der Waals surface area (Å²) in [6.07, 6.45) is 5.27. The molecule has 2 aromatic rings. The molecule has 0 amide bonds. The first-order valence-corrected chi connectivity index (χ1v) is 8.24. The van der Waals surface area contributed by atoms with Crippen molar-refractivity contribution in [3.63, 3.8) is 0 Å². The molecule has 0 saturated carbocycles. The monoisotopic (exact) mass is 389 g/mol. The Morgan fingerprint density at radius 1 is 0.923 bits per heavy atom. The van der Waals surface area contributed by atoms with Crippen molar-refractivity contribution in [3.8, 4) is 0 Å². The summed E-state index contributed by atoms with van der Waals surface area (Å²) < 4.78 is 0. The summed E-state index contributed by atoms with van der Waals surface area (Å²) in [4.78, 5) is 4.25. The van der Waals surface area contributed by atoms with E-state index in [1.165, 1.54) is 16.7 Å². The van der Waals surface area contributed by atoms with Gasteiger partial charge in [-0.15, -0.1) is 36.1 Å². The summed E-state index contributed by atoms with van der Waals surface area (Å²) in [7, 11) is 2.00. The van der Waals surface area contributed by atoms with Gasteiger partial charge in [0, 0.05) is 14.2 Å². The van der Waals surface area contributed by atoms with Crippen LogP contribution in [-0.4, -0.2) is 29.4 Å². The van der Waals surface area contributed by atoms with Crippen LogP contribution in [0.2, 0.25) is 0 Å². The summed E-state index contributed by atoms with van der Waals surface area (Å²) in [5.74, 6) is 0. The number of aliphatic hydroxyl groups is 2. The number of aliphatic hydroxyl groups excluding tert-OH is 2. The van der Waals surface area contributed by atoms with Gasteiger partial charge >= 0.3 is 21.7 Å². The van der Waals surface area contributed by atoms with Crippen LogP contribution < -0.4 is 0 Å². The number of aromatic nitrogens is 1. The van der Waals surface area contributed by atoms with Crippen LogP contribution in [0.25, 0.3) is 10.9 Å². The Balaban J connectivity index is 0. The second kappa shape index (κ2) is 13.0. The Hall–Kier alpha value is -1.26. The number of hydrogen-bond donors (Lipinski definition) is 2. The van der Waals surface area contributed by atoms with Crippen molar-refractivity contribution in [2.75, 3.05) is 14.2 Å². The van der Waals surface area contributed by atoms with Crippen LogP contribution >= 0.6 is 0 Å². The molecular weight excluding hydrogens is 358 g/mol. The van der Waals surface area contributed by atoms with Gasteiger partial charge in [-0.1, -0.05) is 58.4 Å². The van der Waals surface area contributed by atoms with Gasteiger partial charge < -0.3 is 15.2 Å². The zero-order valence-corrected chi connectivity index (χ0v) is 18.8.